The van der Waals surface area contributed by atoms with Gasteiger partial charge in [-0.2, -0.15) is 0 Å². The number of nitrogen functional groups attached to an aromatic ring is 1. The maximum atomic E-state index is 6.22. The number of para-hydroxylation sites is 1. The Kier molecular flexibility index (Phi) is 3.46. The Hall–Kier alpha value is -2.22. The lowest BCUT2D eigenvalue weighted by Gasteiger charge is -2.20. The van der Waals surface area contributed by atoms with Crippen molar-refractivity contribution in [3.05, 3.63) is 71.0 Å². The van der Waals surface area contributed by atoms with Gasteiger partial charge in [0.05, 0.1) is 0 Å². The van der Waals surface area contributed by atoms with Crippen molar-refractivity contribution in [2.45, 2.75) is 25.7 Å². The number of hydrogen-bond donors (Lipinski definition) is 2. The average Bonchev–Trinajstić information content (AvgIpc) is 2.49. The van der Waals surface area contributed by atoms with Gasteiger partial charge in [0.25, 0.3) is 0 Å². The molecular weight excluding hydrogens is 244 g/mol. The molecule has 0 radical (unpaired) electrons. The van der Waals surface area contributed by atoms with Crippen molar-refractivity contribution in [1.29, 1.82) is 0 Å². The first-order valence-electron chi connectivity index (χ1n) is 7.17. The normalized spacial score (nSPS) is 18.8. The van der Waals surface area contributed by atoms with Crippen LogP contribution < -0.4 is 11.5 Å². The predicted octanol–water partition coefficient (Wildman–Crippen LogP) is 3.94. The molecule has 0 fully saturated rings. The van der Waals surface area contributed by atoms with Gasteiger partial charge in [0.15, 0.2) is 0 Å². The smallest absolute Gasteiger partial charge is 0.0390 e. The molecule has 4 N–H and O–H groups in total. The van der Waals surface area contributed by atoms with Gasteiger partial charge in [0.1, 0.15) is 0 Å². The lowest BCUT2D eigenvalue weighted by atomic mass is 9.87. The first kappa shape index (κ1) is 12.8. The van der Waals surface area contributed by atoms with Crippen LogP contribution in [0, 0.1) is 0 Å². The molecule has 0 bridgehead atoms. The Morgan fingerprint density at radius 1 is 0.950 bits per heavy atom. The molecule has 0 heterocycles. The minimum atomic E-state index is 0.840. The van der Waals surface area contributed by atoms with E-state index in [2.05, 4.69) is 30.4 Å². The van der Waals surface area contributed by atoms with Crippen molar-refractivity contribution in [2.75, 3.05) is 5.73 Å². The molecule has 0 spiro atoms. The van der Waals surface area contributed by atoms with E-state index in [4.69, 9.17) is 11.5 Å². The highest BCUT2D eigenvalue weighted by molar-refractivity contribution is 5.79. The molecule has 0 unspecified atom stereocenters. The highest BCUT2D eigenvalue weighted by Crippen LogP contribution is 2.35. The summed E-state index contributed by atoms with van der Waals surface area (Å²) in [7, 11) is 0. The summed E-state index contributed by atoms with van der Waals surface area (Å²) in [6, 6.07) is 8.05. The van der Waals surface area contributed by atoms with Gasteiger partial charge >= 0.3 is 0 Å². The molecule has 0 amide bonds. The van der Waals surface area contributed by atoms with Crippen molar-refractivity contribution >= 4 is 11.3 Å². The summed E-state index contributed by atoms with van der Waals surface area (Å²) in [4.78, 5) is 0. The van der Waals surface area contributed by atoms with Gasteiger partial charge in [-0.1, -0.05) is 36.4 Å². The van der Waals surface area contributed by atoms with Crippen molar-refractivity contribution in [3.8, 4) is 0 Å². The number of allylic oxidation sites excluding steroid dienone is 8. The fraction of sp³-hybridized carbons (Fsp3) is 0.222. The highest BCUT2D eigenvalue weighted by atomic mass is 14.6. The maximum absolute atomic E-state index is 6.22. The second-order valence-electron chi connectivity index (χ2n) is 5.33. The molecule has 1 aromatic rings. The van der Waals surface area contributed by atoms with Gasteiger partial charge < -0.3 is 11.5 Å². The van der Waals surface area contributed by atoms with Crippen LogP contribution in [0.4, 0.5) is 5.69 Å². The Balaban J connectivity index is 2.01. The first-order valence-corrected chi connectivity index (χ1v) is 7.17. The standard InChI is InChI=1S/C18H20N2/c19-17-9-5-4-8-15(17)14-10-11-18(20)16(12-14)13-6-2-1-3-7-13/h2,4-9,12H,1,3,10-11,19-20H2. The van der Waals surface area contributed by atoms with Gasteiger partial charge in [-0.3, -0.25) is 0 Å². The molecule has 0 aliphatic heterocycles. The SMILES string of the molecule is NC1=C(C2=CCCC=C2)C=C(c2ccccc2N)CC1. The van der Waals surface area contributed by atoms with E-state index in [0.29, 0.717) is 0 Å². The van der Waals surface area contributed by atoms with E-state index >= 15 is 0 Å². The monoisotopic (exact) mass is 264 g/mol. The van der Waals surface area contributed by atoms with Crippen LogP contribution in [0.15, 0.2) is 65.4 Å². The molecule has 2 aliphatic rings. The summed E-state index contributed by atoms with van der Waals surface area (Å²) in [5.74, 6) is 0. The summed E-state index contributed by atoms with van der Waals surface area (Å²) < 4.78 is 0. The molecule has 0 saturated carbocycles. The van der Waals surface area contributed by atoms with Gasteiger partial charge in [-0.15, -0.1) is 0 Å². The molecule has 2 nitrogen and oxygen atoms in total. The molecule has 0 saturated heterocycles. The quantitative estimate of drug-likeness (QED) is 0.795. The Bertz CT molecular complexity index is 645. The van der Waals surface area contributed by atoms with E-state index in [-0.39, 0.29) is 0 Å². The summed E-state index contributed by atoms with van der Waals surface area (Å²) in [5.41, 5.74) is 19.0. The Morgan fingerprint density at radius 3 is 2.55 bits per heavy atom. The first-order chi connectivity index (χ1) is 9.75. The molecule has 0 atom stereocenters. The largest absolute Gasteiger partial charge is 0.402 e. The number of hydrogen-bond acceptors (Lipinski definition) is 2. The van der Waals surface area contributed by atoms with E-state index in [1.807, 2.05) is 18.2 Å². The number of nitrogens with two attached hydrogens (primary N) is 2. The molecule has 20 heavy (non-hydrogen) atoms. The van der Waals surface area contributed by atoms with E-state index in [9.17, 15) is 0 Å². The fourth-order valence-corrected chi connectivity index (χ4v) is 2.83. The van der Waals surface area contributed by atoms with Crippen LogP contribution in [0.2, 0.25) is 0 Å². The van der Waals surface area contributed by atoms with Crippen LogP contribution in [0.5, 0.6) is 0 Å². The third-order valence-corrected chi connectivity index (χ3v) is 3.94. The lowest BCUT2D eigenvalue weighted by molar-refractivity contribution is 0.935. The summed E-state index contributed by atoms with van der Waals surface area (Å²) in [6.45, 7) is 0. The van der Waals surface area contributed by atoms with Crippen LogP contribution >= 0.6 is 0 Å². The zero-order valence-corrected chi connectivity index (χ0v) is 11.6. The van der Waals surface area contributed by atoms with Gasteiger partial charge in [-0.25, -0.2) is 0 Å². The molecule has 2 heteroatoms. The van der Waals surface area contributed by atoms with Crippen LogP contribution in [0.3, 0.4) is 0 Å². The topological polar surface area (TPSA) is 52.0 Å². The van der Waals surface area contributed by atoms with E-state index in [1.165, 1.54) is 16.7 Å². The van der Waals surface area contributed by atoms with E-state index < -0.39 is 0 Å². The van der Waals surface area contributed by atoms with Crippen LogP contribution in [0.1, 0.15) is 31.2 Å². The molecule has 3 rings (SSSR count). The minimum absolute atomic E-state index is 0.840. The summed E-state index contributed by atoms with van der Waals surface area (Å²) >= 11 is 0. The van der Waals surface area contributed by atoms with Gasteiger partial charge in [0.2, 0.25) is 0 Å². The maximum Gasteiger partial charge on any atom is 0.0390 e. The van der Waals surface area contributed by atoms with Crippen molar-refractivity contribution in [3.63, 3.8) is 0 Å². The molecule has 0 aromatic heterocycles. The highest BCUT2D eigenvalue weighted by Gasteiger charge is 2.16. The second kappa shape index (κ2) is 5.41. The van der Waals surface area contributed by atoms with Crippen molar-refractivity contribution < 1.29 is 0 Å². The van der Waals surface area contributed by atoms with E-state index in [0.717, 1.165) is 42.6 Å². The fourth-order valence-electron chi connectivity index (χ4n) is 2.83. The van der Waals surface area contributed by atoms with Crippen LogP contribution in [0.25, 0.3) is 5.57 Å². The molecule has 2 aliphatic carbocycles. The Labute approximate surface area is 120 Å². The summed E-state index contributed by atoms with van der Waals surface area (Å²) in [5, 5.41) is 0. The zero-order valence-electron chi connectivity index (χ0n) is 11.6. The molecule has 1 aromatic carbocycles. The third kappa shape index (κ3) is 2.42. The van der Waals surface area contributed by atoms with Crippen molar-refractivity contribution in [1.82, 2.24) is 0 Å². The van der Waals surface area contributed by atoms with Crippen LogP contribution in [-0.4, -0.2) is 0 Å². The number of rotatable bonds is 2. The van der Waals surface area contributed by atoms with Gasteiger partial charge in [-0.05, 0) is 49.0 Å². The second-order valence-corrected chi connectivity index (χ2v) is 5.33. The zero-order chi connectivity index (χ0) is 13.9. The number of anilines is 1. The molecule has 102 valence electrons. The summed E-state index contributed by atoms with van der Waals surface area (Å²) in [6.07, 6.45) is 13.0. The molecular formula is C18H20N2. The third-order valence-electron chi connectivity index (χ3n) is 3.94. The average molecular weight is 264 g/mol. The van der Waals surface area contributed by atoms with Crippen molar-refractivity contribution in [2.24, 2.45) is 5.73 Å². The van der Waals surface area contributed by atoms with E-state index in [1.54, 1.807) is 0 Å². The Morgan fingerprint density at radius 2 is 1.80 bits per heavy atom. The lowest BCUT2D eigenvalue weighted by Crippen LogP contribution is -2.09. The van der Waals surface area contributed by atoms with Gasteiger partial charge in [0, 0.05) is 22.5 Å². The predicted molar refractivity (Wildman–Crippen MR) is 85.7 cm³/mol. The van der Waals surface area contributed by atoms with Crippen LogP contribution in [-0.2, 0) is 0 Å². The minimum Gasteiger partial charge on any atom is -0.402 e. The number of benzene rings is 1.